The van der Waals surface area contributed by atoms with Crippen molar-refractivity contribution < 1.29 is 0 Å². The van der Waals surface area contributed by atoms with Gasteiger partial charge in [0, 0.05) is 37.9 Å². The molecule has 3 nitrogen and oxygen atoms in total. The summed E-state index contributed by atoms with van der Waals surface area (Å²) in [5.41, 5.74) is 28.0. The van der Waals surface area contributed by atoms with E-state index < -0.39 is 10.8 Å². The van der Waals surface area contributed by atoms with Crippen molar-refractivity contribution >= 4 is 43.8 Å². The summed E-state index contributed by atoms with van der Waals surface area (Å²) in [5.74, 6) is 2.20. The first-order chi connectivity index (χ1) is 43.5. The molecular formula is C86H63N3. The SMILES string of the molecule is [C-]#[N+]c1cc2c(c3c1C1(c4ccccc4C(C)(C)c4ccccc41)c1cccc(-c4ccccc4)c1-3)c1cc(C34CC5CC(CC(C5)C3)C4)cc3c4c5c(c(C#N)cc4n2c31)C1(c2ccccc2C(C)(C)c2ccccc21)c1cccc(-c2ccccc2)c1-5. The van der Waals surface area contributed by atoms with Gasteiger partial charge in [0.2, 0.25) is 0 Å². The van der Waals surface area contributed by atoms with E-state index in [4.69, 9.17) is 4.85 Å². The molecule has 0 radical (unpaired) electrons. The first-order valence-corrected chi connectivity index (χ1v) is 32.5. The fraction of sp³-hybridized carbons (Fsp3) is 0.209. The molecule has 0 aliphatic heterocycles. The molecule has 8 aliphatic carbocycles. The van der Waals surface area contributed by atoms with Gasteiger partial charge in [-0.2, -0.15) is 5.26 Å². The molecule has 8 aliphatic rings. The molecule has 2 heterocycles. The van der Waals surface area contributed by atoms with Crippen LogP contribution in [0.1, 0.15) is 144 Å². The van der Waals surface area contributed by atoms with E-state index in [0.717, 1.165) is 51.0 Å². The Balaban J connectivity index is 1.02. The number of aromatic nitrogens is 1. The molecule has 0 amide bonds. The monoisotopic (exact) mass is 1140 g/mol. The summed E-state index contributed by atoms with van der Waals surface area (Å²) in [6, 6.07) is 85.8. The van der Waals surface area contributed by atoms with E-state index in [0.29, 0.717) is 11.3 Å². The van der Waals surface area contributed by atoms with Crippen LogP contribution in [0.2, 0.25) is 0 Å². The molecule has 21 rings (SSSR count). The van der Waals surface area contributed by atoms with Crippen LogP contribution in [-0.4, -0.2) is 4.40 Å². The lowest BCUT2D eigenvalue weighted by molar-refractivity contribution is -0.00508. The third-order valence-corrected chi connectivity index (χ3v) is 24.2. The number of fused-ring (bicyclic) bond motifs is 26. The van der Waals surface area contributed by atoms with Gasteiger partial charge in [-0.25, -0.2) is 4.85 Å². The van der Waals surface area contributed by atoms with Crippen LogP contribution in [0.4, 0.5) is 5.69 Å². The lowest BCUT2D eigenvalue weighted by atomic mass is 9.48. The zero-order valence-electron chi connectivity index (χ0n) is 50.6. The minimum atomic E-state index is -0.820. The Bertz CT molecular complexity index is 4990. The topological polar surface area (TPSA) is 32.6 Å². The molecule has 0 atom stereocenters. The Morgan fingerprint density at radius 1 is 0.427 bits per heavy atom. The third-order valence-electron chi connectivity index (χ3n) is 24.2. The predicted molar refractivity (Wildman–Crippen MR) is 362 cm³/mol. The van der Waals surface area contributed by atoms with Gasteiger partial charge < -0.3 is 4.40 Å². The summed E-state index contributed by atoms with van der Waals surface area (Å²) in [6.45, 7) is 19.3. The Labute approximate surface area is 519 Å². The second kappa shape index (κ2) is 16.9. The molecular weight excluding hydrogens is 1070 g/mol. The molecule has 2 aromatic heterocycles. The number of hydrogen-bond donors (Lipinski definition) is 0. The summed E-state index contributed by atoms with van der Waals surface area (Å²) in [5, 5.41) is 17.3. The lowest BCUT2D eigenvalue weighted by Crippen LogP contribution is -2.48. The number of rotatable bonds is 3. The van der Waals surface area contributed by atoms with Crippen molar-refractivity contribution in [2.45, 2.75) is 93.3 Å². The highest BCUT2D eigenvalue weighted by molar-refractivity contribution is 6.31. The van der Waals surface area contributed by atoms with E-state index in [1.165, 1.54) is 160 Å². The van der Waals surface area contributed by atoms with Gasteiger partial charge in [0.15, 0.2) is 5.69 Å². The molecule has 0 N–H and O–H groups in total. The quantitative estimate of drug-likeness (QED) is 0.162. The molecule has 4 fully saturated rings. The fourth-order valence-corrected chi connectivity index (χ4v) is 21.4. The van der Waals surface area contributed by atoms with Crippen molar-refractivity contribution in [3.05, 3.63) is 308 Å². The molecule has 11 aromatic carbocycles. The third kappa shape index (κ3) is 5.82. The second-order valence-corrected chi connectivity index (χ2v) is 28.9. The standard InChI is InChI=1S/C86H63N3/c1-82(2)60-28-12-16-32-64(60)85(65-33-17-13-29-61(65)82)68-36-20-26-56(52-22-8-6-9-23-52)73(68)77-75-58-42-55(84-45-49-38-50(46-84)40-51(39-49)47-84)43-59-76-72(89(81(58)59)71(75)41-54(48-87)79(77)85)44-70(88-5)80-78(76)74-57(53-24-10-7-11-25-53)27-21-37-69(74)86(80)66-34-18-14-30-62(66)83(3,4)63-31-15-19-35-67(63)86/h6-37,41-44,49-51H,38-40,45-47H2,1-4H3. The second-order valence-electron chi connectivity index (χ2n) is 28.9. The highest BCUT2D eigenvalue weighted by Crippen LogP contribution is 2.71. The fourth-order valence-electron chi connectivity index (χ4n) is 21.4. The molecule has 0 unspecified atom stereocenters. The molecule has 4 saturated carbocycles. The van der Waals surface area contributed by atoms with Gasteiger partial charge in [-0.15, -0.1) is 0 Å². The van der Waals surface area contributed by atoms with Crippen LogP contribution < -0.4 is 0 Å². The van der Waals surface area contributed by atoms with Gasteiger partial charge in [-0.1, -0.05) is 222 Å². The minimum Gasteiger partial charge on any atom is -0.309 e. The number of hydrogen-bond acceptors (Lipinski definition) is 1. The van der Waals surface area contributed by atoms with Crippen LogP contribution in [0.25, 0.3) is 87.4 Å². The number of benzene rings is 11. The van der Waals surface area contributed by atoms with Gasteiger partial charge in [0.1, 0.15) is 0 Å². The Hall–Kier alpha value is -9.80. The van der Waals surface area contributed by atoms with E-state index in [1.807, 2.05) is 0 Å². The Morgan fingerprint density at radius 3 is 1.24 bits per heavy atom. The van der Waals surface area contributed by atoms with Crippen molar-refractivity contribution in [3.8, 4) is 50.6 Å². The van der Waals surface area contributed by atoms with E-state index >= 15 is 0 Å². The maximum atomic E-state index is 12.4. The van der Waals surface area contributed by atoms with Crippen molar-refractivity contribution in [2.24, 2.45) is 17.8 Å². The van der Waals surface area contributed by atoms with Crippen molar-refractivity contribution in [2.75, 3.05) is 0 Å². The van der Waals surface area contributed by atoms with Gasteiger partial charge in [0.05, 0.1) is 40.1 Å². The van der Waals surface area contributed by atoms with Crippen molar-refractivity contribution in [1.82, 2.24) is 4.40 Å². The molecule has 2 spiro atoms. The minimum absolute atomic E-state index is 0.0360. The average molecular weight is 1140 g/mol. The smallest absolute Gasteiger partial charge is 0.194 e. The molecule has 422 valence electrons. The average Bonchev–Trinajstić information content (AvgIpc) is 1.54. The van der Waals surface area contributed by atoms with E-state index in [2.05, 4.69) is 257 Å². The summed E-state index contributed by atoms with van der Waals surface area (Å²) < 4.78 is 2.55. The van der Waals surface area contributed by atoms with Crippen molar-refractivity contribution in [1.29, 1.82) is 5.26 Å². The van der Waals surface area contributed by atoms with Gasteiger partial charge in [0.25, 0.3) is 0 Å². The first-order valence-electron chi connectivity index (χ1n) is 32.5. The first kappa shape index (κ1) is 50.2. The molecule has 13 aromatic rings. The summed E-state index contributed by atoms with van der Waals surface area (Å²) in [6.07, 6.45) is 7.74. The van der Waals surface area contributed by atoms with Crippen LogP contribution in [0.3, 0.4) is 0 Å². The number of nitriles is 1. The zero-order valence-corrected chi connectivity index (χ0v) is 50.6. The van der Waals surface area contributed by atoms with E-state index in [-0.39, 0.29) is 16.2 Å². The highest BCUT2D eigenvalue weighted by atomic mass is 14.9. The summed E-state index contributed by atoms with van der Waals surface area (Å²) >= 11 is 0. The normalized spacial score (nSPS) is 21.5. The highest BCUT2D eigenvalue weighted by Gasteiger charge is 2.59. The van der Waals surface area contributed by atoms with Crippen LogP contribution in [0.5, 0.6) is 0 Å². The zero-order chi connectivity index (χ0) is 59.2. The van der Waals surface area contributed by atoms with Crippen LogP contribution in [-0.2, 0) is 27.1 Å². The van der Waals surface area contributed by atoms with E-state index in [9.17, 15) is 11.8 Å². The molecule has 3 heteroatoms. The Morgan fingerprint density at radius 2 is 0.809 bits per heavy atom. The maximum absolute atomic E-state index is 12.4. The van der Waals surface area contributed by atoms with Gasteiger partial charge >= 0.3 is 0 Å². The van der Waals surface area contributed by atoms with Crippen LogP contribution in [0.15, 0.2) is 218 Å². The van der Waals surface area contributed by atoms with Crippen LogP contribution in [0, 0.1) is 35.7 Å². The maximum Gasteiger partial charge on any atom is 0.194 e. The lowest BCUT2D eigenvalue weighted by Gasteiger charge is -2.57. The van der Waals surface area contributed by atoms with Gasteiger partial charge in [-0.05, 0) is 203 Å². The Kier molecular flexibility index (Phi) is 9.52. The van der Waals surface area contributed by atoms with Crippen molar-refractivity contribution in [3.63, 3.8) is 0 Å². The summed E-state index contributed by atoms with van der Waals surface area (Å²) in [4.78, 5) is 4.83. The van der Waals surface area contributed by atoms with Crippen LogP contribution >= 0.6 is 0 Å². The van der Waals surface area contributed by atoms with E-state index in [1.54, 1.807) is 0 Å². The predicted octanol–water partition coefficient (Wildman–Crippen LogP) is 21.1. The molecule has 89 heavy (non-hydrogen) atoms. The largest absolute Gasteiger partial charge is 0.309 e. The molecule has 4 bridgehead atoms. The number of nitrogens with zero attached hydrogens (tertiary/aromatic N) is 3. The molecule has 0 saturated heterocycles. The van der Waals surface area contributed by atoms with Gasteiger partial charge in [-0.3, -0.25) is 0 Å². The summed E-state index contributed by atoms with van der Waals surface area (Å²) in [7, 11) is 0.